The van der Waals surface area contributed by atoms with E-state index in [-0.39, 0.29) is 21.7 Å². The molecular weight excluding hydrogens is 632 g/mol. The normalized spacial score (nSPS) is 20.7. The molecule has 0 amide bonds. The first kappa shape index (κ1) is 32.6. The van der Waals surface area contributed by atoms with Crippen LogP contribution < -0.4 is 13.8 Å². The average Bonchev–Trinajstić information content (AvgIpc) is 3.49. The van der Waals surface area contributed by atoms with Crippen molar-refractivity contribution in [1.82, 2.24) is 4.48 Å². The van der Waals surface area contributed by atoms with Crippen molar-refractivity contribution in [1.29, 1.82) is 0 Å². The summed E-state index contributed by atoms with van der Waals surface area (Å²) >= 11 is 0.794. The van der Waals surface area contributed by atoms with Gasteiger partial charge >= 0.3 is 23.7 Å². The summed E-state index contributed by atoms with van der Waals surface area (Å²) in [4.78, 5) is 23.7. The van der Waals surface area contributed by atoms with Crippen molar-refractivity contribution >= 4 is 57.0 Å². The van der Waals surface area contributed by atoms with Crippen LogP contribution in [0.25, 0.3) is 17.2 Å². The van der Waals surface area contributed by atoms with Crippen molar-refractivity contribution in [2.45, 2.75) is 67.3 Å². The first-order chi connectivity index (χ1) is 21.5. The van der Waals surface area contributed by atoms with Crippen molar-refractivity contribution in [3.05, 3.63) is 60.3 Å². The van der Waals surface area contributed by atoms with Gasteiger partial charge in [-0.05, 0) is 56.0 Å². The molecular formula is C29H32N2O12S2+2. The number of piperidine rings is 1. The molecule has 4 N–H and O–H groups in total. The van der Waals surface area contributed by atoms with Crippen LogP contribution in [0.3, 0.4) is 0 Å². The molecule has 3 heterocycles. The van der Waals surface area contributed by atoms with Crippen LogP contribution in [0, 0.1) is 0 Å². The lowest BCUT2D eigenvalue weighted by Gasteiger charge is -2.40. The molecule has 0 saturated carbocycles. The molecule has 16 heteroatoms. The molecule has 1 spiro atoms. The minimum atomic E-state index is -4.55. The van der Waals surface area contributed by atoms with E-state index in [1.54, 1.807) is 36.4 Å². The molecule has 2 atom stereocenters. The summed E-state index contributed by atoms with van der Waals surface area (Å²) in [7, 11) is -4.55. The highest BCUT2D eigenvalue weighted by molar-refractivity contribution is 7.94. The number of ether oxygens (including phenoxy) is 1. The van der Waals surface area contributed by atoms with Crippen molar-refractivity contribution in [2.24, 2.45) is 0 Å². The van der Waals surface area contributed by atoms with Gasteiger partial charge in [-0.2, -0.15) is 13.0 Å². The van der Waals surface area contributed by atoms with E-state index >= 15 is 0 Å². The molecule has 2 unspecified atom stereocenters. The monoisotopic (exact) mass is 664 g/mol. The fourth-order valence-electron chi connectivity index (χ4n) is 5.95. The van der Waals surface area contributed by atoms with E-state index in [1.807, 2.05) is 4.57 Å². The van der Waals surface area contributed by atoms with E-state index in [4.69, 9.17) is 19.5 Å². The van der Waals surface area contributed by atoms with E-state index in [9.17, 15) is 27.7 Å². The summed E-state index contributed by atoms with van der Waals surface area (Å²) < 4.78 is 52.1. The fourth-order valence-corrected chi connectivity index (χ4v) is 6.85. The largest absolute Gasteiger partial charge is 0.481 e. The van der Waals surface area contributed by atoms with Gasteiger partial charge in [0, 0.05) is 42.4 Å². The van der Waals surface area contributed by atoms with Gasteiger partial charge in [0.1, 0.15) is 4.90 Å². The molecule has 240 valence electrons. The van der Waals surface area contributed by atoms with Gasteiger partial charge in [-0.1, -0.05) is 5.04 Å². The minimum Gasteiger partial charge on any atom is -0.481 e. The second kappa shape index (κ2) is 13.7. The zero-order valence-electron chi connectivity index (χ0n) is 23.9. The van der Waals surface area contributed by atoms with Crippen molar-refractivity contribution in [2.75, 3.05) is 6.54 Å². The lowest BCUT2D eigenvalue weighted by molar-refractivity contribution is -0.678. The average molecular weight is 665 g/mol. The Bertz CT molecular complexity index is 1770. The second-order valence-electron chi connectivity index (χ2n) is 10.7. The summed E-state index contributed by atoms with van der Waals surface area (Å²) in [5, 5.41) is 31.4. The number of hydrogen-bond donors (Lipinski definition) is 4. The van der Waals surface area contributed by atoms with Gasteiger partial charge in [0.25, 0.3) is 15.6 Å². The maximum atomic E-state index is 12.5. The quantitative estimate of drug-likeness (QED) is 0.0366. The Morgan fingerprint density at radius 2 is 1.93 bits per heavy atom. The van der Waals surface area contributed by atoms with Crippen LogP contribution in [0.15, 0.2) is 68.6 Å². The van der Waals surface area contributed by atoms with E-state index in [0.29, 0.717) is 84.9 Å². The predicted octanol–water partition coefficient (Wildman–Crippen LogP) is 4.93. The number of allylic oxidation sites excluding steroid dienone is 2. The van der Waals surface area contributed by atoms with Crippen LogP contribution in [-0.2, 0) is 35.6 Å². The number of nitrogens with zero attached hydrogens (tertiary/aromatic N) is 2. The highest BCUT2D eigenvalue weighted by atomic mass is 32.2. The third kappa shape index (κ3) is 6.91. The van der Waals surface area contributed by atoms with E-state index < -0.39 is 28.1 Å². The Balaban J connectivity index is 1.52. The number of unbranched alkanes of at least 4 members (excludes halogenated alkanes) is 2. The van der Waals surface area contributed by atoms with Gasteiger partial charge in [-0.25, -0.2) is 14.5 Å². The molecule has 1 saturated heterocycles. The molecule has 2 aromatic carbocycles. The lowest BCUT2D eigenvalue weighted by atomic mass is 9.97. The van der Waals surface area contributed by atoms with Crippen LogP contribution in [-0.4, -0.2) is 53.0 Å². The first-order valence-corrected chi connectivity index (χ1v) is 16.3. The standard InChI is InChI=1S/C29H30N2O12S2/c32-28(33)10-2-1-4-15-30-21-17-19(44-43-42-36)11-13-24(21)40-26(30)8-6-9-27-31(16-5-3-7-22(31)29(34)35)23-18-20(45(37,38)39)12-14-25(23)41-27/h6,8-9,11-14,17-18,22H,1-5,7,10,15-16H2,(H2-2,32,33,34,35,36,37,38,39)/p+2/b8-6+,27-9-. The van der Waals surface area contributed by atoms with Crippen molar-refractivity contribution in [3.63, 3.8) is 0 Å². The number of aryl methyl sites for hydroxylation is 1. The second-order valence-corrected chi connectivity index (χ2v) is 12.9. The van der Waals surface area contributed by atoms with Crippen molar-refractivity contribution < 1.29 is 61.1 Å². The Morgan fingerprint density at radius 1 is 1.11 bits per heavy atom. The van der Waals surface area contributed by atoms with Gasteiger partial charge in [-0.15, -0.1) is 4.33 Å². The SMILES string of the molecule is O=C(O)CCCCC[n+]1c(/C=C/C=C2\Oc3ccc(S(=O)(=O)O)cc3[N+]23CCCCC3C(=O)O)oc2ccc(SOOO)cc21. The summed E-state index contributed by atoms with van der Waals surface area (Å²) in [5.41, 5.74) is 1.60. The van der Waals surface area contributed by atoms with E-state index in [2.05, 4.69) is 9.37 Å². The van der Waals surface area contributed by atoms with E-state index in [0.717, 1.165) is 12.0 Å². The number of hydrogen-bond acceptors (Lipinski definition) is 10. The molecule has 0 aliphatic carbocycles. The van der Waals surface area contributed by atoms with Gasteiger partial charge in [-0.3, -0.25) is 9.35 Å². The maximum Gasteiger partial charge on any atom is 0.374 e. The molecule has 1 fully saturated rings. The fraction of sp³-hybridized carbons (Fsp3) is 0.345. The number of quaternary nitrogens is 1. The number of carboxylic acids is 2. The van der Waals surface area contributed by atoms with Crippen molar-refractivity contribution in [3.8, 4) is 5.75 Å². The smallest absolute Gasteiger partial charge is 0.374 e. The predicted molar refractivity (Wildman–Crippen MR) is 159 cm³/mol. The lowest BCUT2D eigenvalue weighted by Crippen LogP contribution is -2.60. The molecule has 45 heavy (non-hydrogen) atoms. The highest BCUT2D eigenvalue weighted by Gasteiger charge is 2.56. The minimum absolute atomic E-state index is 0.0713. The molecule has 2 aliphatic rings. The van der Waals surface area contributed by atoms with Gasteiger partial charge in [0.2, 0.25) is 5.58 Å². The van der Waals surface area contributed by atoms with Gasteiger partial charge < -0.3 is 19.4 Å². The van der Waals surface area contributed by atoms with Crippen LogP contribution in [0.2, 0.25) is 0 Å². The number of fused-ring (bicyclic) bond motifs is 3. The van der Waals surface area contributed by atoms with Crippen LogP contribution >= 0.6 is 12.0 Å². The molecule has 5 rings (SSSR count). The first-order valence-electron chi connectivity index (χ1n) is 14.2. The Morgan fingerprint density at radius 3 is 2.67 bits per heavy atom. The van der Waals surface area contributed by atoms with Crippen LogP contribution in [0.1, 0.15) is 50.8 Å². The Kier molecular flexibility index (Phi) is 9.93. The molecule has 0 bridgehead atoms. The van der Waals surface area contributed by atoms with Gasteiger partial charge in [0.15, 0.2) is 24.0 Å². The number of aromatic nitrogens is 1. The molecule has 2 aliphatic heterocycles. The summed E-state index contributed by atoms with van der Waals surface area (Å²) in [5.74, 6) is -0.872. The summed E-state index contributed by atoms with van der Waals surface area (Å²) in [6, 6.07) is 8.17. The number of carbonyl (C=O) groups is 2. The van der Waals surface area contributed by atoms with Crippen LogP contribution in [0.5, 0.6) is 5.75 Å². The van der Waals surface area contributed by atoms with E-state index in [1.165, 1.54) is 18.2 Å². The highest BCUT2D eigenvalue weighted by Crippen LogP contribution is 2.50. The molecule has 1 aromatic heterocycles. The molecule has 3 aromatic rings. The third-order valence-electron chi connectivity index (χ3n) is 7.93. The number of rotatable bonds is 13. The van der Waals surface area contributed by atoms with Crippen LogP contribution in [0.4, 0.5) is 5.69 Å². The van der Waals surface area contributed by atoms with Gasteiger partial charge in [0.05, 0.1) is 24.7 Å². The Labute approximate surface area is 262 Å². The third-order valence-corrected chi connectivity index (χ3v) is 9.36. The number of benzene rings is 2. The molecule has 14 nitrogen and oxygen atoms in total. The molecule has 0 radical (unpaired) electrons. The summed E-state index contributed by atoms with van der Waals surface area (Å²) in [6.45, 7) is 0.843. The number of aliphatic carboxylic acids is 2. The summed E-state index contributed by atoms with van der Waals surface area (Å²) in [6.07, 6.45) is 8.59. The zero-order chi connectivity index (χ0) is 32.2. The maximum absolute atomic E-state index is 12.5. The number of oxazole rings is 1. The topological polar surface area (TPSA) is 194 Å². The number of carboxylic acid groups (broad SMARTS) is 2. The zero-order valence-corrected chi connectivity index (χ0v) is 25.5. The Hall–Kier alpha value is -3.77.